The molecule has 13 aromatic carbocycles. The van der Waals surface area contributed by atoms with E-state index in [9.17, 15) is 0 Å². The first-order valence-electron chi connectivity index (χ1n) is 26.3. The third-order valence-corrected chi connectivity index (χ3v) is 15.0. The van der Waals surface area contributed by atoms with Gasteiger partial charge in [-0.2, -0.15) is 0 Å². The lowest BCUT2D eigenvalue weighted by molar-refractivity contribution is 1.44. The molecule has 362 valence electrons. The van der Waals surface area contributed by atoms with Crippen LogP contribution in [0.4, 0.5) is 0 Å². The molecular formula is C75H52N2. The van der Waals surface area contributed by atoms with E-state index < -0.39 is 0 Å². The van der Waals surface area contributed by atoms with E-state index >= 15 is 0 Å². The van der Waals surface area contributed by atoms with E-state index in [-0.39, 0.29) is 0 Å². The molecular weight excluding hydrogens is 929 g/mol. The second-order valence-electron chi connectivity index (χ2n) is 19.7. The van der Waals surface area contributed by atoms with Crippen molar-refractivity contribution in [2.75, 3.05) is 0 Å². The van der Waals surface area contributed by atoms with Crippen molar-refractivity contribution in [2.45, 2.75) is 6.92 Å². The fraction of sp³-hybridized carbons (Fsp3) is 0.0133. The smallest absolute Gasteiger partial charge is 0.160 e. The molecule has 0 aromatic heterocycles. The van der Waals surface area contributed by atoms with Gasteiger partial charge in [0.05, 0.1) is 5.70 Å². The van der Waals surface area contributed by atoms with Crippen molar-refractivity contribution in [1.82, 2.24) is 0 Å². The van der Waals surface area contributed by atoms with Crippen molar-refractivity contribution in [3.8, 4) is 66.8 Å². The standard InChI is InChI=1S/C75H52N2/c1-50(52-39-41-55(42-40-52)53-23-7-3-8-24-53)76-75(59-45-43-56(44-46-59)54-25-9-4-10-26-54)77-51(2)60-47-61(73-67-35-19-15-31-63(67)71(57-27-11-5-12-28-57)64-32-16-20-36-68(64)73)49-62(48-60)74-69-37-21-17-33-65(69)72(58-29-13-6-14-30-58)66-34-18-22-38-70(66)74/h3-49H,1H2,2H3/b76-75-,77-51+. The number of hydrogen-bond acceptors (Lipinski definition) is 1. The van der Waals surface area contributed by atoms with Crippen molar-refractivity contribution in [3.05, 3.63) is 308 Å². The Labute approximate surface area is 450 Å². The van der Waals surface area contributed by atoms with Crippen LogP contribution in [0.3, 0.4) is 0 Å². The molecule has 0 heterocycles. The summed E-state index contributed by atoms with van der Waals surface area (Å²) in [5.74, 6) is 0.581. The van der Waals surface area contributed by atoms with Crippen LogP contribution in [0.15, 0.2) is 302 Å². The van der Waals surface area contributed by atoms with E-state index in [1.54, 1.807) is 0 Å². The van der Waals surface area contributed by atoms with Gasteiger partial charge in [0.1, 0.15) is 0 Å². The molecule has 0 unspecified atom stereocenters. The summed E-state index contributed by atoms with van der Waals surface area (Å²) in [4.78, 5) is 10.9. The topological polar surface area (TPSA) is 24.7 Å². The van der Waals surface area contributed by atoms with Crippen molar-refractivity contribution in [3.63, 3.8) is 0 Å². The monoisotopic (exact) mass is 980 g/mol. The maximum absolute atomic E-state index is 5.58. The number of fused-ring (bicyclic) bond motifs is 4. The molecule has 0 spiro atoms. The van der Waals surface area contributed by atoms with Gasteiger partial charge in [-0.25, -0.2) is 9.98 Å². The number of benzene rings is 13. The highest BCUT2D eigenvalue weighted by atomic mass is 14.9. The van der Waals surface area contributed by atoms with Crippen molar-refractivity contribution in [2.24, 2.45) is 9.98 Å². The first kappa shape index (κ1) is 46.7. The van der Waals surface area contributed by atoms with Crippen LogP contribution in [0, 0.1) is 0 Å². The third-order valence-electron chi connectivity index (χ3n) is 15.0. The maximum atomic E-state index is 5.58. The number of rotatable bonds is 10. The van der Waals surface area contributed by atoms with Gasteiger partial charge in [0.2, 0.25) is 0 Å². The molecule has 13 rings (SSSR count). The molecule has 2 heteroatoms. The third kappa shape index (κ3) is 8.92. The second kappa shape index (κ2) is 20.4. The van der Waals surface area contributed by atoms with E-state index in [2.05, 4.69) is 286 Å². The predicted molar refractivity (Wildman–Crippen MR) is 330 cm³/mol. The van der Waals surface area contributed by atoms with Gasteiger partial charge in [0, 0.05) is 11.3 Å². The minimum absolute atomic E-state index is 0.581. The minimum atomic E-state index is 0.581. The van der Waals surface area contributed by atoms with Gasteiger partial charge < -0.3 is 0 Å². The van der Waals surface area contributed by atoms with E-state index in [0.717, 1.165) is 55.8 Å². The Balaban J connectivity index is 1.06. The molecule has 0 N–H and O–H groups in total. The average molecular weight is 981 g/mol. The number of nitrogens with zero attached hydrogens (tertiary/aromatic N) is 2. The summed E-state index contributed by atoms with van der Waals surface area (Å²) in [6, 6.07) is 102. The zero-order valence-corrected chi connectivity index (χ0v) is 42.7. The fourth-order valence-electron chi connectivity index (χ4n) is 11.3. The summed E-state index contributed by atoms with van der Waals surface area (Å²) in [5.41, 5.74) is 18.3. The Morgan fingerprint density at radius 3 is 0.857 bits per heavy atom. The lowest BCUT2D eigenvalue weighted by Gasteiger charge is -2.21. The molecule has 2 nitrogen and oxygen atoms in total. The first-order chi connectivity index (χ1) is 38.0. The van der Waals surface area contributed by atoms with Crippen LogP contribution in [0.2, 0.25) is 0 Å². The van der Waals surface area contributed by atoms with Gasteiger partial charge in [-0.1, -0.05) is 273 Å². The van der Waals surface area contributed by atoms with Gasteiger partial charge in [0.25, 0.3) is 0 Å². The summed E-state index contributed by atoms with van der Waals surface area (Å²) in [6.07, 6.45) is 0. The zero-order valence-electron chi connectivity index (χ0n) is 42.7. The minimum Gasteiger partial charge on any atom is -0.233 e. The van der Waals surface area contributed by atoms with Crippen molar-refractivity contribution >= 4 is 60.3 Å². The lowest BCUT2D eigenvalue weighted by Crippen LogP contribution is -2.05. The van der Waals surface area contributed by atoms with Gasteiger partial charge in [0.15, 0.2) is 5.84 Å². The molecule has 77 heavy (non-hydrogen) atoms. The highest BCUT2D eigenvalue weighted by Gasteiger charge is 2.22. The molecule has 0 saturated carbocycles. The lowest BCUT2D eigenvalue weighted by atomic mass is 9.82. The molecule has 0 fully saturated rings. The fourth-order valence-corrected chi connectivity index (χ4v) is 11.3. The van der Waals surface area contributed by atoms with Crippen LogP contribution in [0.5, 0.6) is 0 Å². The number of hydrogen-bond donors (Lipinski definition) is 0. The zero-order chi connectivity index (χ0) is 51.7. The number of amidine groups is 1. The Morgan fingerprint density at radius 2 is 0.519 bits per heavy atom. The highest BCUT2D eigenvalue weighted by molar-refractivity contribution is 6.24. The van der Waals surface area contributed by atoms with E-state index in [0.29, 0.717) is 11.5 Å². The van der Waals surface area contributed by atoms with Crippen molar-refractivity contribution in [1.29, 1.82) is 0 Å². The van der Waals surface area contributed by atoms with Crippen LogP contribution in [0.1, 0.15) is 23.6 Å². The molecule has 0 aliphatic carbocycles. The molecule has 13 aromatic rings. The van der Waals surface area contributed by atoms with Crippen LogP contribution in [0.25, 0.3) is 116 Å². The largest absolute Gasteiger partial charge is 0.233 e. The molecule has 0 atom stereocenters. The summed E-state index contributed by atoms with van der Waals surface area (Å²) < 4.78 is 0. The Kier molecular flexibility index (Phi) is 12.4. The van der Waals surface area contributed by atoms with E-state index in [1.807, 2.05) is 12.1 Å². The van der Waals surface area contributed by atoms with Crippen LogP contribution in [-0.4, -0.2) is 11.5 Å². The van der Waals surface area contributed by atoms with Crippen molar-refractivity contribution < 1.29 is 0 Å². The summed E-state index contributed by atoms with van der Waals surface area (Å²) in [6.45, 7) is 6.68. The Hall–Kier alpha value is -10.0. The predicted octanol–water partition coefficient (Wildman–Crippen LogP) is 20.2. The average Bonchev–Trinajstić information content (AvgIpc) is 3.56. The quantitative estimate of drug-likeness (QED) is 0.0741. The summed E-state index contributed by atoms with van der Waals surface area (Å²) >= 11 is 0. The van der Waals surface area contributed by atoms with Crippen LogP contribution in [-0.2, 0) is 0 Å². The molecule has 0 aliphatic rings. The summed E-state index contributed by atoms with van der Waals surface area (Å²) in [7, 11) is 0. The van der Waals surface area contributed by atoms with E-state index in [1.165, 1.54) is 76.5 Å². The van der Waals surface area contributed by atoms with Gasteiger partial charge in [-0.3, -0.25) is 0 Å². The SMILES string of the molecule is C=C(/N=C(\N=C(/C)c1cc(-c2c3ccccc3c(-c3ccccc3)c3ccccc23)cc(-c2c3ccccc3c(-c3ccccc3)c3ccccc23)c1)c1ccc(-c2ccccc2)cc1)c1ccc(-c2ccccc2)cc1. The van der Waals surface area contributed by atoms with Gasteiger partial charge >= 0.3 is 0 Å². The van der Waals surface area contributed by atoms with Crippen LogP contribution >= 0.6 is 0 Å². The highest BCUT2D eigenvalue weighted by Crippen LogP contribution is 2.48. The molecule has 0 radical (unpaired) electrons. The van der Waals surface area contributed by atoms with E-state index in [4.69, 9.17) is 9.98 Å². The Morgan fingerprint density at radius 1 is 0.247 bits per heavy atom. The molecule has 0 bridgehead atoms. The maximum Gasteiger partial charge on any atom is 0.160 e. The van der Waals surface area contributed by atoms with Gasteiger partial charge in [-0.15, -0.1) is 0 Å². The second-order valence-corrected chi connectivity index (χ2v) is 19.7. The normalized spacial score (nSPS) is 11.9. The molecule has 0 amide bonds. The molecule has 0 saturated heterocycles. The number of aliphatic imine (C=N–C) groups is 2. The first-order valence-corrected chi connectivity index (χ1v) is 26.3. The van der Waals surface area contributed by atoms with Gasteiger partial charge in [-0.05, 0) is 146 Å². The molecule has 0 aliphatic heterocycles. The Bertz CT molecular complexity index is 4110. The summed E-state index contributed by atoms with van der Waals surface area (Å²) in [5, 5.41) is 9.57. The van der Waals surface area contributed by atoms with Crippen LogP contribution < -0.4 is 0 Å².